The van der Waals surface area contributed by atoms with Crippen LogP contribution in [-0.4, -0.2) is 18.8 Å². The molecule has 0 unspecified atom stereocenters. The third kappa shape index (κ3) is 1.68. The molecule has 0 amide bonds. The average Bonchev–Trinajstić information content (AvgIpc) is 2.82. The molecule has 6 heteroatoms. The highest BCUT2D eigenvalue weighted by Gasteiger charge is 2.41. The summed E-state index contributed by atoms with van der Waals surface area (Å²) in [6, 6.07) is 7.53. The molecule has 4 nitrogen and oxygen atoms in total. The van der Waals surface area contributed by atoms with E-state index in [0.717, 1.165) is 32.8 Å². The second-order valence-electron chi connectivity index (χ2n) is 5.59. The highest BCUT2D eigenvalue weighted by Crippen LogP contribution is 2.30. The zero-order valence-corrected chi connectivity index (χ0v) is 13.2. The summed E-state index contributed by atoms with van der Waals surface area (Å²) in [6.45, 7) is 6.24. The van der Waals surface area contributed by atoms with Crippen LogP contribution in [0.25, 0.3) is 0 Å². The lowest BCUT2D eigenvalue weighted by Gasteiger charge is -2.30. The van der Waals surface area contributed by atoms with Crippen LogP contribution in [0.2, 0.25) is 13.1 Å². The Kier molecular flexibility index (Phi) is 2.71. The molecule has 0 bridgehead atoms. The van der Waals surface area contributed by atoms with Gasteiger partial charge in [0.05, 0.1) is 9.80 Å². The summed E-state index contributed by atoms with van der Waals surface area (Å²) >= 11 is 1.01. The van der Waals surface area contributed by atoms with Crippen LogP contribution in [0.1, 0.15) is 20.8 Å². The number of ketones is 1. The van der Waals surface area contributed by atoms with E-state index in [1.54, 1.807) is 6.07 Å². The molecule has 20 heavy (non-hydrogen) atoms. The first-order chi connectivity index (χ1) is 9.32. The molecule has 1 aliphatic rings. The molecule has 0 aliphatic carbocycles. The Morgan fingerprint density at radius 3 is 2.55 bits per heavy atom. The van der Waals surface area contributed by atoms with Crippen LogP contribution in [0.4, 0.5) is 5.00 Å². The second kappa shape index (κ2) is 4.10. The minimum Gasteiger partial charge on any atom is -0.288 e. The number of nitro groups is 1. The molecule has 1 aliphatic heterocycles. The van der Waals surface area contributed by atoms with Gasteiger partial charge >= 0.3 is 5.00 Å². The third-order valence-corrected chi connectivity index (χ3v) is 8.66. The number of hydrogen-bond acceptors (Lipinski definition) is 4. The van der Waals surface area contributed by atoms with Gasteiger partial charge < -0.3 is 0 Å². The first-order valence-corrected chi connectivity index (χ1v) is 10.1. The van der Waals surface area contributed by atoms with Crippen LogP contribution in [0.5, 0.6) is 0 Å². The smallest absolute Gasteiger partial charge is 0.288 e. The highest BCUT2D eigenvalue weighted by molar-refractivity contribution is 7.21. The third-order valence-electron chi connectivity index (χ3n) is 3.87. The molecule has 0 fully saturated rings. The van der Waals surface area contributed by atoms with Crippen molar-refractivity contribution in [3.63, 3.8) is 0 Å². The fourth-order valence-corrected chi connectivity index (χ4v) is 7.44. The molecule has 102 valence electrons. The largest absolute Gasteiger partial charge is 0.324 e. The number of carbonyl (C=O) groups excluding carboxylic acids is 1. The Morgan fingerprint density at radius 1 is 1.20 bits per heavy atom. The van der Waals surface area contributed by atoms with Crippen molar-refractivity contribution in [2.45, 2.75) is 20.0 Å². The minimum atomic E-state index is -2.04. The van der Waals surface area contributed by atoms with Crippen molar-refractivity contribution < 1.29 is 9.72 Å². The number of thiophene rings is 1. The lowest BCUT2D eigenvalue weighted by atomic mass is 10.1. The van der Waals surface area contributed by atoms with Gasteiger partial charge in [-0.3, -0.25) is 14.9 Å². The van der Waals surface area contributed by atoms with Crippen LogP contribution in [0.3, 0.4) is 0 Å². The molecular formula is C14H13NO3SSi. The average molecular weight is 303 g/mol. The maximum atomic E-state index is 12.6. The summed E-state index contributed by atoms with van der Waals surface area (Å²) in [5, 5.41) is 13.0. The molecule has 0 radical (unpaired) electrons. The molecule has 0 N–H and O–H groups in total. The lowest BCUT2D eigenvalue weighted by molar-refractivity contribution is -0.380. The Bertz CT molecular complexity index is 764. The monoisotopic (exact) mass is 303 g/mol. The number of nitrogens with zero attached hydrogens (tertiary/aromatic N) is 1. The van der Waals surface area contributed by atoms with E-state index in [-0.39, 0.29) is 10.8 Å². The Hall–Kier alpha value is -1.79. The summed E-state index contributed by atoms with van der Waals surface area (Å²) in [7, 11) is -2.04. The van der Waals surface area contributed by atoms with Crippen molar-refractivity contribution >= 4 is 40.6 Å². The molecule has 1 aromatic carbocycles. The van der Waals surface area contributed by atoms with E-state index in [9.17, 15) is 14.9 Å². The van der Waals surface area contributed by atoms with Gasteiger partial charge in [0.1, 0.15) is 8.07 Å². The molecule has 0 atom stereocenters. The molecule has 0 spiro atoms. The SMILES string of the molecule is Cc1ccc2c(c1)C(=O)c1sc([N+](=O)[O-])cc1[Si]2(C)C. The second-order valence-corrected chi connectivity index (χ2v) is 10.9. The predicted octanol–water partition coefficient (Wildman–Crippen LogP) is 2.33. The van der Waals surface area contributed by atoms with Gasteiger partial charge in [-0.15, -0.1) is 0 Å². The van der Waals surface area contributed by atoms with E-state index in [4.69, 9.17) is 0 Å². The van der Waals surface area contributed by atoms with Crippen LogP contribution in [-0.2, 0) is 0 Å². The molecule has 3 rings (SSSR count). The first kappa shape index (κ1) is 13.2. The maximum absolute atomic E-state index is 12.6. The van der Waals surface area contributed by atoms with E-state index < -0.39 is 13.0 Å². The molecular weight excluding hydrogens is 290 g/mol. The van der Waals surface area contributed by atoms with Crippen molar-refractivity contribution in [3.8, 4) is 0 Å². The van der Waals surface area contributed by atoms with E-state index >= 15 is 0 Å². The van der Waals surface area contributed by atoms with Crippen molar-refractivity contribution in [2.75, 3.05) is 0 Å². The molecule has 2 heterocycles. The van der Waals surface area contributed by atoms with Gasteiger partial charge in [-0.25, -0.2) is 0 Å². The number of benzene rings is 1. The number of hydrogen-bond donors (Lipinski definition) is 0. The van der Waals surface area contributed by atoms with Gasteiger partial charge in [-0.05, 0) is 23.4 Å². The van der Waals surface area contributed by atoms with E-state index in [0.29, 0.717) is 4.88 Å². The Morgan fingerprint density at radius 2 is 1.90 bits per heavy atom. The van der Waals surface area contributed by atoms with Gasteiger partial charge in [0.2, 0.25) is 5.78 Å². The quantitative estimate of drug-likeness (QED) is 0.461. The zero-order valence-electron chi connectivity index (χ0n) is 11.4. The number of fused-ring (bicyclic) bond motifs is 2. The fourth-order valence-electron chi connectivity index (χ4n) is 2.76. The normalized spacial score (nSPS) is 15.7. The van der Waals surface area contributed by atoms with Gasteiger partial charge in [-0.2, -0.15) is 0 Å². The maximum Gasteiger partial charge on any atom is 0.324 e. The number of rotatable bonds is 1. The van der Waals surface area contributed by atoms with Crippen LogP contribution in [0, 0.1) is 17.0 Å². The molecule has 2 aromatic rings. The number of aryl methyl sites for hydroxylation is 1. The summed E-state index contributed by atoms with van der Waals surface area (Å²) in [5.41, 5.74) is 1.77. The summed E-state index contributed by atoms with van der Waals surface area (Å²) in [4.78, 5) is 23.7. The topological polar surface area (TPSA) is 60.2 Å². The first-order valence-electron chi connectivity index (χ1n) is 6.27. The van der Waals surface area contributed by atoms with Gasteiger partial charge in [-0.1, -0.05) is 42.1 Å². The molecule has 0 saturated heterocycles. The van der Waals surface area contributed by atoms with Gasteiger partial charge in [0.25, 0.3) is 0 Å². The van der Waals surface area contributed by atoms with Crippen molar-refractivity contribution in [2.24, 2.45) is 0 Å². The summed E-state index contributed by atoms with van der Waals surface area (Å²) < 4.78 is 0. The highest BCUT2D eigenvalue weighted by atomic mass is 32.1. The van der Waals surface area contributed by atoms with Crippen molar-refractivity contribution in [1.29, 1.82) is 0 Å². The van der Waals surface area contributed by atoms with Crippen LogP contribution < -0.4 is 10.4 Å². The van der Waals surface area contributed by atoms with E-state index in [1.165, 1.54) is 0 Å². The molecule has 0 saturated carbocycles. The molecule has 1 aromatic heterocycles. The van der Waals surface area contributed by atoms with Crippen LogP contribution >= 0.6 is 11.3 Å². The van der Waals surface area contributed by atoms with Crippen LogP contribution in [0.15, 0.2) is 24.3 Å². The number of carbonyl (C=O) groups is 1. The Labute approximate surface area is 121 Å². The summed E-state index contributed by atoms with van der Waals surface area (Å²) in [5.74, 6) is -0.0661. The zero-order chi connectivity index (χ0) is 14.7. The van der Waals surface area contributed by atoms with E-state index in [2.05, 4.69) is 13.1 Å². The summed E-state index contributed by atoms with van der Waals surface area (Å²) in [6.07, 6.45) is 0. The minimum absolute atomic E-state index is 0.0634. The standard InChI is InChI=1S/C14H13NO3SSi/c1-8-4-5-10-9(6-8)13(16)14-11(20(10,2)3)7-12(19-14)15(17)18/h4-7H,1-3H3. The fraction of sp³-hybridized carbons (Fsp3) is 0.214. The lowest BCUT2D eigenvalue weighted by Crippen LogP contribution is -2.58. The van der Waals surface area contributed by atoms with Crippen molar-refractivity contribution in [1.82, 2.24) is 0 Å². The van der Waals surface area contributed by atoms with Gasteiger partial charge in [0, 0.05) is 11.6 Å². The van der Waals surface area contributed by atoms with Crippen molar-refractivity contribution in [3.05, 3.63) is 50.4 Å². The Balaban J connectivity index is 2.31. The predicted molar refractivity (Wildman–Crippen MR) is 82.3 cm³/mol. The van der Waals surface area contributed by atoms with E-state index in [1.807, 2.05) is 25.1 Å². The van der Waals surface area contributed by atoms with Gasteiger partial charge in [0.15, 0.2) is 0 Å².